The molecule has 1 aromatic heterocycles. The van der Waals surface area contributed by atoms with Crippen molar-refractivity contribution in [3.05, 3.63) is 53.9 Å². The number of aromatic nitrogens is 1. The normalized spacial score (nSPS) is 15.8. The van der Waals surface area contributed by atoms with E-state index in [4.69, 9.17) is 0 Å². The van der Waals surface area contributed by atoms with E-state index in [-0.39, 0.29) is 6.10 Å². The monoisotopic (exact) mass is 297 g/mol. The zero-order valence-corrected chi connectivity index (χ0v) is 13.0. The fourth-order valence-electron chi connectivity index (χ4n) is 2.89. The van der Waals surface area contributed by atoms with Crippen LogP contribution >= 0.6 is 0 Å². The predicted octanol–water partition coefficient (Wildman–Crippen LogP) is 2.96. The van der Waals surface area contributed by atoms with Gasteiger partial charge in [-0.15, -0.1) is 0 Å². The van der Waals surface area contributed by atoms with Crippen molar-refractivity contribution < 1.29 is 5.11 Å². The average Bonchev–Trinajstić information content (AvgIpc) is 2.55. The lowest BCUT2D eigenvalue weighted by Gasteiger charge is -2.33. The maximum atomic E-state index is 9.68. The summed E-state index contributed by atoms with van der Waals surface area (Å²) in [5.41, 5.74) is 4.62. The lowest BCUT2D eigenvalue weighted by molar-refractivity contribution is 0.145. The molecule has 0 saturated carbocycles. The Hall–Kier alpha value is -2.07. The van der Waals surface area contributed by atoms with E-state index in [0.29, 0.717) is 0 Å². The number of aryl methyl sites for hydroxylation is 1. The summed E-state index contributed by atoms with van der Waals surface area (Å²) >= 11 is 0. The third kappa shape index (κ3) is 3.39. The summed E-state index contributed by atoms with van der Waals surface area (Å²) in [6, 6.07) is 12.4. The summed E-state index contributed by atoms with van der Waals surface area (Å²) < 4.78 is 0. The SMILES string of the molecule is Cc1cccnc1CNc1ccccc1N1CCC(O)CC1. The van der Waals surface area contributed by atoms with Gasteiger partial charge >= 0.3 is 0 Å². The van der Waals surface area contributed by atoms with E-state index in [2.05, 4.69) is 52.5 Å². The molecule has 0 amide bonds. The van der Waals surface area contributed by atoms with Crippen LogP contribution in [0.5, 0.6) is 0 Å². The van der Waals surface area contributed by atoms with E-state index >= 15 is 0 Å². The maximum absolute atomic E-state index is 9.68. The van der Waals surface area contributed by atoms with Gasteiger partial charge in [-0.2, -0.15) is 0 Å². The Labute approximate surface area is 131 Å². The summed E-state index contributed by atoms with van der Waals surface area (Å²) in [6.45, 7) is 4.62. The molecule has 2 aromatic rings. The molecule has 0 bridgehead atoms. The van der Waals surface area contributed by atoms with Gasteiger partial charge in [0.2, 0.25) is 0 Å². The number of nitrogens with one attached hydrogen (secondary N) is 1. The lowest BCUT2D eigenvalue weighted by atomic mass is 10.1. The molecule has 1 aromatic carbocycles. The average molecular weight is 297 g/mol. The number of rotatable bonds is 4. The van der Waals surface area contributed by atoms with Gasteiger partial charge in [0.1, 0.15) is 0 Å². The van der Waals surface area contributed by atoms with Gasteiger partial charge < -0.3 is 15.3 Å². The Morgan fingerprint density at radius 3 is 2.73 bits per heavy atom. The smallest absolute Gasteiger partial charge is 0.0623 e. The van der Waals surface area contributed by atoms with Gasteiger partial charge in [0, 0.05) is 19.3 Å². The Bertz CT molecular complexity index is 621. The molecule has 22 heavy (non-hydrogen) atoms. The topological polar surface area (TPSA) is 48.4 Å². The van der Waals surface area contributed by atoms with Crippen molar-refractivity contribution in [3.63, 3.8) is 0 Å². The second kappa shape index (κ2) is 6.79. The molecule has 4 nitrogen and oxygen atoms in total. The van der Waals surface area contributed by atoms with Crippen LogP contribution in [-0.2, 0) is 6.54 Å². The van der Waals surface area contributed by atoms with Crippen molar-refractivity contribution in [1.82, 2.24) is 4.98 Å². The number of benzene rings is 1. The molecule has 3 rings (SSSR count). The molecule has 1 fully saturated rings. The molecule has 1 aliphatic rings. The summed E-state index contributed by atoms with van der Waals surface area (Å²) in [6.07, 6.45) is 3.37. The number of anilines is 2. The Morgan fingerprint density at radius 2 is 1.95 bits per heavy atom. The van der Waals surface area contributed by atoms with Gasteiger partial charge in [0.05, 0.1) is 29.7 Å². The minimum Gasteiger partial charge on any atom is -0.393 e. The first-order chi connectivity index (χ1) is 10.7. The maximum Gasteiger partial charge on any atom is 0.0623 e. The molecule has 0 radical (unpaired) electrons. The van der Waals surface area contributed by atoms with E-state index < -0.39 is 0 Å². The zero-order chi connectivity index (χ0) is 15.4. The fourth-order valence-corrected chi connectivity index (χ4v) is 2.89. The summed E-state index contributed by atoms with van der Waals surface area (Å²) in [5.74, 6) is 0. The third-order valence-corrected chi connectivity index (χ3v) is 4.27. The number of hydrogen-bond acceptors (Lipinski definition) is 4. The Morgan fingerprint density at radius 1 is 1.18 bits per heavy atom. The molecule has 0 atom stereocenters. The van der Waals surface area contributed by atoms with Crippen LogP contribution in [0.2, 0.25) is 0 Å². The molecular formula is C18H23N3O. The van der Waals surface area contributed by atoms with Gasteiger partial charge in [-0.25, -0.2) is 0 Å². The van der Waals surface area contributed by atoms with Crippen molar-refractivity contribution in [2.24, 2.45) is 0 Å². The first-order valence-electron chi connectivity index (χ1n) is 7.90. The predicted molar refractivity (Wildman–Crippen MR) is 90.2 cm³/mol. The number of para-hydroxylation sites is 2. The van der Waals surface area contributed by atoms with Crippen molar-refractivity contribution >= 4 is 11.4 Å². The minimum absolute atomic E-state index is 0.146. The summed E-state index contributed by atoms with van der Waals surface area (Å²) in [5, 5.41) is 13.2. The van der Waals surface area contributed by atoms with Gasteiger partial charge in [0.25, 0.3) is 0 Å². The number of aliphatic hydroxyl groups is 1. The molecule has 1 aliphatic heterocycles. The number of nitrogens with zero attached hydrogens (tertiary/aromatic N) is 2. The first kappa shape index (κ1) is 14.9. The van der Waals surface area contributed by atoms with Crippen LogP contribution in [0.25, 0.3) is 0 Å². The van der Waals surface area contributed by atoms with Gasteiger partial charge in [-0.1, -0.05) is 18.2 Å². The molecule has 0 unspecified atom stereocenters. The van der Waals surface area contributed by atoms with E-state index in [0.717, 1.165) is 43.9 Å². The molecule has 1 saturated heterocycles. The lowest BCUT2D eigenvalue weighted by Crippen LogP contribution is -2.36. The second-order valence-corrected chi connectivity index (χ2v) is 5.86. The van der Waals surface area contributed by atoms with Crippen LogP contribution in [0.4, 0.5) is 11.4 Å². The van der Waals surface area contributed by atoms with E-state index in [1.54, 1.807) is 0 Å². The van der Waals surface area contributed by atoms with Crippen LogP contribution in [-0.4, -0.2) is 29.3 Å². The highest BCUT2D eigenvalue weighted by Crippen LogP contribution is 2.28. The van der Waals surface area contributed by atoms with Gasteiger partial charge in [-0.3, -0.25) is 4.98 Å². The molecule has 0 spiro atoms. The number of piperidine rings is 1. The molecule has 2 N–H and O–H groups in total. The Balaban J connectivity index is 1.73. The van der Waals surface area contributed by atoms with Crippen LogP contribution in [0, 0.1) is 6.92 Å². The molecule has 0 aliphatic carbocycles. The second-order valence-electron chi connectivity index (χ2n) is 5.86. The molecular weight excluding hydrogens is 274 g/mol. The van der Waals surface area contributed by atoms with E-state index in [1.807, 2.05) is 12.3 Å². The number of hydrogen-bond donors (Lipinski definition) is 2. The van der Waals surface area contributed by atoms with Crippen molar-refractivity contribution in [1.29, 1.82) is 0 Å². The van der Waals surface area contributed by atoms with Gasteiger partial charge in [0.15, 0.2) is 0 Å². The molecule has 2 heterocycles. The Kier molecular flexibility index (Phi) is 4.59. The highest BCUT2D eigenvalue weighted by Gasteiger charge is 2.19. The zero-order valence-electron chi connectivity index (χ0n) is 13.0. The van der Waals surface area contributed by atoms with Gasteiger partial charge in [-0.05, 0) is 43.5 Å². The van der Waals surface area contributed by atoms with Crippen molar-refractivity contribution in [2.75, 3.05) is 23.3 Å². The minimum atomic E-state index is -0.146. The summed E-state index contributed by atoms with van der Waals surface area (Å²) in [4.78, 5) is 6.78. The third-order valence-electron chi connectivity index (χ3n) is 4.27. The number of aliphatic hydroxyl groups excluding tert-OH is 1. The largest absolute Gasteiger partial charge is 0.393 e. The van der Waals surface area contributed by atoms with Crippen LogP contribution in [0.15, 0.2) is 42.6 Å². The highest BCUT2D eigenvalue weighted by atomic mass is 16.3. The van der Waals surface area contributed by atoms with Crippen molar-refractivity contribution in [3.8, 4) is 0 Å². The quantitative estimate of drug-likeness (QED) is 0.911. The van der Waals surface area contributed by atoms with E-state index in [9.17, 15) is 5.11 Å². The van der Waals surface area contributed by atoms with E-state index in [1.165, 1.54) is 11.3 Å². The van der Waals surface area contributed by atoms with Crippen LogP contribution in [0.1, 0.15) is 24.1 Å². The van der Waals surface area contributed by atoms with Crippen LogP contribution < -0.4 is 10.2 Å². The fraction of sp³-hybridized carbons (Fsp3) is 0.389. The molecule has 116 valence electrons. The van der Waals surface area contributed by atoms with Crippen LogP contribution in [0.3, 0.4) is 0 Å². The standard InChI is InChI=1S/C18H23N3O/c1-14-5-4-10-19-17(14)13-20-16-6-2-3-7-18(16)21-11-8-15(22)9-12-21/h2-7,10,15,20,22H,8-9,11-13H2,1H3. The first-order valence-corrected chi connectivity index (χ1v) is 7.90. The number of pyridine rings is 1. The summed E-state index contributed by atoms with van der Waals surface area (Å²) in [7, 11) is 0. The molecule has 4 heteroatoms. The van der Waals surface area contributed by atoms with Crippen molar-refractivity contribution in [2.45, 2.75) is 32.4 Å². The highest BCUT2D eigenvalue weighted by molar-refractivity contribution is 5.70.